The molecule has 2 unspecified atom stereocenters. The second-order valence-electron chi connectivity index (χ2n) is 7.27. The lowest BCUT2D eigenvalue weighted by Crippen LogP contribution is -2.35. The van der Waals surface area contributed by atoms with Crippen LogP contribution in [0.25, 0.3) is 0 Å². The van der Waals surface area contributed by atoms with Gasteiger partial charge in [0.2, 0.25) is 0 Å². The van der Waals surface area contributed by atoms with Crippen LogP contribution in [0.15, 0.2) is 69.3 Å². The van der Waals surface area contributed by atoms with Gasteiger partial charge in [0.05, 0.1) is 19.3 Å². The number of fused-ring (bicyclic) bond motifs is 3. The van der Waals surface area contributed by atoms with Gasteiger partial charge in [-0.1, -0.05) is 44.0 Å². The first-order valence-corrected chi connectivity index (χ1v) is 11.4. The number of anilines is 2. The smallest absolute Gasteiger partial charge is 0.121 e. The summed E-state index contributed by atoms with van der Waals surface area (Å²) in [5.74, 6) is 1.16. The maximum absolute atomic E-state index is 10.8. The Balaban J connectivity index is 1.47. The number of nitrogens with zero attached hydrogens (tertiary/aromatic N) is 1. The number of benzene rings is 2. The van der Waals surface area contributed by atoms with Crippen molar-refractivity contribution >= 4 is 43.2 Å². The monoisotopic (exact) mass is 518 g/mol. The third-order valence-electron chi connectivity index (χ3n) is 5.24. The van der Waals surface area contributed by atoms with Gasteiger partial charge in [-0.25, -0.2) is 0 Å². The van der Waals surface area contributed by atoms with Gasteiger partial charge >= 0.3 is 0 Å². The highest BCUT2D eigenvalue weighted by molar-refractivity contribution is 9.11. The van der Waals surface area contributed by atoms with Crippen molar-refractivity contribution in [1.29, 1.82) is 0 Å². The molecule has 29 heavy (non-hydrogen) atoms. The van der Waals surface area contributed by atoms with E-state index in [4.69, 9.17) is 4.74 Å². The minimum Gasteiger partial charge on any atom is -0.494 e. The molecule has 6 heteroatoms. The molecule has 1 aliphatic heterocycles. The van der Waals surface area contributed by atoms with Gasteiger partial charge in [0.25, 0.3) is 0 Å². The third kappa shape index (κ3) is 4.55. The number of halogens is 2. The predicted molar refractivity (Wildman–Crippen MR) is 126 cm³/mol. The van der Waals surface area contributed by atoms with E-state index >= 15 is 0 Å². The normalized spacial score (nSPS) is 18.5. The molecule has 152 valence electrons. The summed E-state index contributed by atoms with van der Waals surface area (Å²) in [5.41, 5.74) is 4.68. The summed E-state index contributed by atoms with van der Waals surface area (Å²) >= 11 is 7.25. The molecule has 0 fully saturated rings. The van der Waals surface area contributed by atoms with Crippen LogP contribution in [0.3, 0.4) is 0 Å². The number of β-amino-alcohol motifs (C(OH)–C–C–N with tert-alkyl or cyclic N) is 1. The van der Waals surface area contributed by atoms with Crippen molar-refractivity contribution in [3.63, 3.8) is 0 Å². The maximum atomic E-state index is 10.8. The molecule has 0 saturated carbocycles. The molecule has 2 N–H and O–H groups in total. The van der Waals surface area contributed by atoms with Gasteiger partial charge in [-0.2, -0.15) is 0 Å². The fourth-order valence-corrected chi connectivity index (χ4v) is 4.81. The third-order valence-corrected chi connectivity index (χ3v) is 6.32. The quantitative estimate of drug-likeness (QED) is 0.486. The molecule has 1 aliphatic carbocycles. The molecule has 2 aliphatic rings. The summed E-state index contributed by atoms with van der Waals surface area (Å²) in [5, 5.41) is 14.1. The highest BCUT2D eigenvalue weighted by Gasteiger charge is 2.36. The minimum absolute atomic E-state index is 0.324. The zero-order valence-corrected chi connectivity index (χ0v) is 19.4. The first-order valence-electron chi connectivity index (χ1n) is 9.83. The van der Waals surface area contributed by atoms with Crippen LogP contribution in [0.5, 0.6) is 5.75 Å². The van der Waals surface area contributed by atoms with Gasteiger partial charge in [-0.15, -0.1) is 0 Å². The van der Waals surface area contributed by atoms with Gasteiger partial charge in [0.15, 0.2) is 0 Å². The van der Waals surface area contributed by atoms with Crippen LogP contribution >= 0.6 is 31.9 Å². The second kappa shape index (κ2) is 8.94. The van der Waals surface area contributed by atoms with E-state index in [1.165, 1.54) is 21.4 Å². The number of nitrogens with one attached hydrogen (secondary N) is 1. The van der Waals surface area contributed by atoms with Gasteiger partial charge in [-0.3, -0.25) is 0 Å². The standard InChI is InChI=1S/C23H24Br2N2O2/c1-2-29-19-5-3-4-17(12-19)26-13-18(28)14-27-22-8-6-15(24)10-20(22)21-11-16(25)7-9-23(21)27/h3-10,12,18,21,26,28H,2,11,13-14H2,1H3. The van der Waals surface area contributed by atoms with Crippen molar-refractivity contribution in [1.82, 2.24) is 0 Å². The van der Waals surface area contributed by atoms with E-state index in [0.717, 1.165) is 22.3 Å². The van der Waals surface area contributed by atoms with E-state index < -0.39 is 6.10 Å². The fourth-order valence-electron chi connectivity index (χ4n) is 3.97. The van der Waals surface area contributed by atoms with Crippen LogP contribution in [-0.4, -0.2) is 30.9 Å². The first-order chi connectivity index (χ1) is 14.0. The molecule has 0 bridgehead atoms. The molecule has 0 aromatic heterocycles. The van der Waals surface area contributed by atoms with Gasteiger partial charge in [0.1, 0.15) is 5.75 Å². The van der Waals surface area contributed by atoms with Crippen molar-refractivity contribution < 1.29 is 9.84 Å². The number of aliphatic hydroxyl groups excluding tert-OH is 1. The van der Waals surface area contributed by atoms with Crippen LogP contribution in [0.1, 0.15) is 24.8 Å². The second-order valence-corrected chi connectivity index (χ2v) is 9.21. The number of aliphatic hydroxyl groups is 1. The molecule has 0 spiro atoms. The number of allylic oxidation sites excluding steroid dienone is 4. The summed E-state index contributed by atoms with van der Waals surface area (Å²) in [4.78, 5) is 2.26. The molecular formula is C23H24Br2N2O2. The van der Waals surface area contributed by atoms with Crippen LogP contribution in [-0.2, 0) is 0 Å². The van der Waals surface area contributed by atoms with E-state index in [0.29, 0.717) is 25.6 Å². The predicted octanol–water partition coefficient (Wildman–Crippen LogP) is 5.79. The zero-order chi connectivity index (χ0) is 20.4. The zero-order valence-electron chi connectivity index (χ0n) is 16.2. The van der Waals surface area contributed by atoms with Gasteiger partial charge < -0.3 is 20.1 Å². The van der Waals surface area contributed by atoms with E-state index in [-0.39, 0.29) is 0 Å². The average molecular weight is 520 g/mol. The Labute approximate surface area is 188 Å². The van der Waals surface area contributed by atoms with E-state index in [2.05, 4.69) is 72.4 Å². The molecule has 0 radical (unpaired) electrons. The maximum Gasteiger partial charge on any atom is 0.121 e. The Morgan fingerprint density at radius 2 is 2.07 bits per heavy atom. The van der Waals surface area contributed by atoms with Crippen molar-refractivity contribution in [2.24, 2.45) is 0 Å². The van der Waals surface area contributed by atoms with Gasteiger partial charge in [-0.05, 0) is 59.8 Å². The number of rotatable bonds is 7. The molecule has 1 heterocycles. The Morgan fingerprint density at radius 1 is 1.21 bits per heavy atom. The summed E-state index contributed by atoms with van der Waals surface area (Å²) < 4.78 is 7.83. The summed E-state index contributed by atoms with van der Waals surface area (Å²) in [6.45, 7) is 3.62. The summed E-state index contributed by atoms with van der Waals surface area (Å²) in [6, 6.07) is 14.2. The van der Waals surface area contributed by atoms with Gasteiger partial charge in [0, 0.05) is 40.1 Å². The van der Waals surface area contributed by atoms with E-state index in [1.807, 2.05) is 31.2 Å². The molecule has 4 nitrogen and oxygen atoms in total. The summed E-state index contributed by atoms with van der Waals surface area (Å²) in [6.07, 6.45) is 4.71. The molecule has 2 aromatic carbocycles. The minimum atomic E-state index is -0.517. The Morgan fingerprint density at radius 3 is 2.90 bits per heavy atom. The Hall–Kier alpha value is -1.76. The van der Waals surface area contributed by atoms with Crippen molar-refractivity contribution in [2.75, 3.05) is 29.9 Å². The lowest BCUT2D eigenvalue weighted by atomic mass is 9.92. The molecule has 2 atom stereocenters. The first kappa shape index (κ1) is 20.5. The lowest BCUT2D eigenvalue weighted by molar-refractivity contribution is 0.194. The highest BCUT2D eigenvalue weighted by atomic mass is 79.9. The summed E-state index contributed by atoms with van der Waals surface area (Å²) in [7, 11) is 0. The number of hydrogen-bond acceptors (Lipinski definition) is 4. The van der Waals surface area contributed by atoms with Crippen LogP contribution in [0, 0.1) is 0 Å². The molecule has 0 amide bonds. The van der Waals surface area contributed by atoms with Crippen LogP contribution in [0.2, 0.25) is 0 Å². The Kier molecular flexibility index (Phi) is 6.32. The van der Waals surface area contributed by atoms with E-state index in [1.54, 1.807) is 0 Å². The van der Waals surface area contributed by atoms with Crippen LogP contribution < -0.4 is 15.0 Å². The highest BCUT2D eigenvalue weighted by Crippen LogP contribution is 2.49. The number of ether oxygens (including phenoxy) is 1. The van der Waals surface area contributed by atoms with Crippen molar-refractivity contribution in [2.45, 2.75) is 25.4 Å². The largest absolute Gasteiger partial charge is 0.494 e. The van der Waals surface area contributed by atoms with Crippen molar-refractivity contribution in [3.8, 4) is 5.75 Å². The molecule has 0 saturated heterocycles. The Bertz CT molecular complexity index is 958. The van der Waals surface area contributed by atoms with E-state index in [9.17, 15) is 5.11 Å². The lowest BCUT2D eigenvalue weighted by Gasteiger charge is -2.27. The topological polar surface area (TPSA) is 44.7 Å². The number of hydrogen-bond donors (Lipinski definition) is 2. The van der Waals surface area contributed by atoms with Crippen molar-refractivity contribution in [3.05, 3.63) is 74.8 Å². The average Bonchev–Trinajstić information content (AvgIpc) is 2.99. The molecule has 2 aromatic rings. The SMILES string of the molecule is CCOc1cccc(NCC(O)CN2C3=CC=C(Br)CC3c3cc(Br)ccc32)c1. The molecular weight excluding hydrogens is 496 g/mol. The van der Waals surface area contributed by atoms with Crippen LogP contribution in [0.4, 0.5) is 11.4 Å². The fraction of sp³-hybridized carbons (Fsp3) is 0.304. The molecule has 4 rings (SSSR count).